The molecule has 0 saturated carbocycles. The first kappa shape index (κ1) is 14.9. The van der Waals surface area contributed by atoms with E-state index in [0.29, 0.717) is 19.4 Å². The van der Waals surface area contributed by atoms with Crippen molar-refractivity contribution >= 4 is 11.7 Å². The van der Waals surface area contributed by atoms with Gasteiger partial charge in [0.2, 0.25) is 5.91 Å². The SMILES string of the molecule is CCC(C)(C(=O)NCCc1ccncc1)/C(N)=N/O. The first-order valence-electron chi connectivity index (χ1n) is 6.19. The van der Waals surface area contributed by atoms with E-state index in [1.165, 1.54) is 0 Å². The molecule has 19 heavy (non-hydrogen) atoms. The van der Waals surface area contributed by atoms with Crippen molar-refractivity contribution in [2.75, 3.05) is 6.54 Å². The second-order valence-corrected chi connectivity index (χ2v) is 4.53. The fourth-order valence-corrected chi connectivity index (χ4v) is 1.63. The number of hydrogen-bond donors (Lipinski definition) is 3. The van der Waals surface area contributed by atoms with Crippen molar-refractivity contribution in [1.29, 1.82) is 0 Å². The van der Waals surface area contributed by atoms with Crippen LogP contribution in [0.4, 0.5) is 0 Å². The van der Waals surface area contributed by atoms with E-state index in [1.807, 2.05) is 19.1 Å². The van der Waals surface area contributed by atoms with Crippen molar-refractivity contribution in [3.63, 3.8) is 0 Å². The lowest BCUT2D eigenvalue weighted by molar-refractivity contribution is -0.127. The zero-order valence-electron chi connectivity index (χ0n) is 11.3. The van der Waals surface area contributed by atoms with Crippen LogP contribution in [0.25, 0.3) is 0 Å². The molecule has 1 aromatic heterocycles. The third-order valence-corrected chi connectivity index (χ3v) is 3.33. The second-order valence-electron chi connectivity index (χ2n) is 4.53. The Balaban J connectivity index is 2.55. The number of aromatic nitrogens is 1. The normalized spacial score (nSPS) is 14.7. The predicted molar refractivity (Wildman–Crippen MR) is 72.8 cm³/mol. The van der Waals surface area contributed by atoms with Crippen LogP contribution in [0.15, 0.2) is 29.7 Å². The van der Waals surface area contributed by atoms with Crippen molar-refractivity contribution < 1.29 is 10.0 Å². The molecule has 1 rings (SSSR count). The van der Waals surface area contributed by atoms with Gasteiger partial charge >= 0.3 is 0 Å². The predicted octanol–water partition coefficient (Wildman–Crippen LogP) is 0.903. The van der Waals surface area contributed by atoms with Gasteiger partial charge < -0.3 is 16.3 Å². The number of nitrogens with one attached hydrogen (secondary N) is 1. The van der Waals surface area contributed by atoms with Gasteiger partial charge in [-0.25, -0.2) is 0 Å². The summed E-state index contributed by atoms with van der Waals surface area (Å²) >= 11 is 0. The van der Waals surface area contributed by atoms with Gasteiger partial charge in [0.25, 0.3) is 0 Å². The molecule has 0 saturated heterocycles. The molecule has 0 bridgehead atoms. The maximum absolute atomic E-state index is 12.1. The maximum atomic E-state index is 12.1. The summed E-state index contributed by atoms with van der Waals surface area (Å²) in [6.07, 6.45) is 4.60. The molecule has 0 fully saturated rings. The van der Waals surface area contributed by atoms with Crippen LogP contribution in [0.2, 0.25) is 0 Å². The van der Waals surface area contributed by atoms with Crippen LogP contribution in [-0.2, 0) is 11.2 Å². The van der Waals surface area contributed by atoms with Crippen molar-refractivity contribution in [2.24, 2.45) is 16.3 Å². The van der Waals surface area contributed by atoms with Crippen molar-refractivity contribution in [3.05, 3.63) is 30.1 Å². The molecular formula is C13H20N4O2. The molecule has 0 aliphatic carbocycles. The Morgan fingerprint density at radius 1 is 1.53 bits per heavy atom. The van der Waals surface area contributed by atoms with Gasteiger partial charge in [0.05, 0.1) is 0 Å². The van der Waals surface area contributed by atoms with Crippen LogP contribution in [0.1, 0.15) is 25.8 Å². The van der Waals surface area contributed by atoms with E-state index in [0.717, 1.165) is 5.56 Å². The van der Waals surface area contributed by atoms with Crippen LogP contribution < -0.4 is 11.1 Å². The van der Waals surface area contributed by atoms with E-state index in [2.05, 4.69) is 15.5 Å². The fraction of sp³-hybridized carbons (Fsp3) is 0.462. The highest BCUT2D eigenvalue weighted by molar-refractivity contribution is 6.06. The van der Waals surface area contributed by atoms with Crippen LogP contribution in [0, 0.1) is 5.41 Å². The average Bonchev–Trinajstić information content (AvgIpc) is 2.46. The number of pyridine rings is 1. The largest absolute Gasteiger partial charge is 0.409 e. The highest BCUT2D eigenvalue weighted by Gasteiger charge is 2.35. The van der Waals surface area contributed by atoms with E-state index < -0.39 is 5.41 Å². The zero-order chi connectivity index (χ0) is 14.3. The van der Waals surface area contributed by atoms with E-state index in [1.54, 1.807) is 19.3 Å². The molecule has 104 valence electrons. The summed E-state index contributed by atoms with van der Waals surface area (Å²) < 4.78 is 0. The lowest BCUT2D eigenvalue weighted by atomic mass is 9.85. The summed E-state index contributed by atoms with van der Waals surface area (Å²) in [5, 5.41) is 14.5. The molecule has 0 aromatic carbocycles. The first-order valence-corrected chi connectivity index (χ1v) is 6.19. The molecule has 0 aliphatic rings. The quantitative estimate of drug-likeness (QED) is 0.307. The number of amides is 1. The molecule has 6 nitrogen and oxygen atoms in total. The molecule has 1 unspecified atom stereocenters. The Bertz CT molecular complexity index is 447. The van der Waals surface area contributed by atoms with E-state index in [-0.39, 0.29) is 11.7 Å². The third kappa shape index (κ3) is 3.67. The Labute approximate surface area is 112 Å². The summed E-state index contributed by atoms with van der Waals surface area (Å²) in [6, 6.07) is 3.80. The number of nitrogens with zero attached hydrogens (tertiary/aromatic N) is 2. The lowest BCUT2D eigenvalue weighted by Gasteiger charge is -2.25. The molecule has 0 spiro atoms. The van der Waals surface area contributed by atoms with E-state index >= 15 is 0 Å². The Kier molecular flexibility index (Phi) is 5.29. The topological polar surface area (TPSA) is 101 Å². The highest BCUT2D eigenvalue weighted by Crippen LogP contribution is 2.21. The summed E-state index contributed by atoms with van der Waals surface area (Å²) in [6.45, 7) is 3.97. The van der Waals surface area contributed by atoms with Gasteiger partial charge in [0, 0.05) is 18.9 Å². The number of carbonyl (C=O) groups is 1. The summed E-state index contributed by atoms with van der Waals surface area (Å²) in [5.74, 6) is -0.309. The van der Waals surface area contributed by atoms with Crippen LogP contribution >= 0.6 is 0 Å². The number of oxime groups is 1. The Hall–Kier alpha value is -2.11. The van der Waals surface area contributed by atoms with Crippen LogP contribution in [-0.4, -0.2) is 28.5 Å². The average molecular weight is 264 g/mol. The maximum Gasteiger partial charge on any atom is 0.233 e. The van der Waals surface area contributed by atoms with Crippen molar-refractivity contribution in [3.8, 4) is 0 Å². The minimum absolute atomic E-state index is 0.0728. The van der Waals surface area contributed by atoms with Gasteiger partial charge in [-0.05, 0) is 37.5 Å². The molecule has 0 aliphatic heterocycles. The molecule has 1 atom stereocenters. The number of nitrogens with two attached hydrogens (primary N) is 1. The van der Waals surface area contributed by atoms with Gasteiger partial charge in [-0.2, -0.15) is 0 Å². The van der Waals surface area contributed by atoms with Gasteiger partial charge in [-0.15, -0.1) is 0 Å². The lowest BCUT2D eigenvalue weighted by Crippen LogP contribution is -2.48. The summed E-state index contributed by atoms with van der Waals surface area (Å²) in [5.41, 5.74) is 5.69. The molecular weight excluding hydrogens is 244 g/mol. The minimum atomic E-state index is -0.979. The van der Waals surface area contributed by atoms with Gasteiger partial charge in [0.15, 0.2) is 5.84 Å². The number of amidine groups is 1. The molecule has 1 aromatic rings. The fourth-order valence-electron chi connectivity index (χ4n) is 1.63. The molecule has 0 radical (unpaired) electrons. The van der Waals surface area contributed by atoms with Crippen molar-refractivity contribution in [1.82, 2.24) is 10.3 Å². The third-order valence-electron chi connectivity index (χ3n) is 3.33. The van der Waals surface area contributed by atoms with E-state index in [9.17, 15) is 4.79 Å². The van der Waals surface area contributed by atoms with Crippen LogP contribution in [0.3, 0.4) is 0 Å². The molecule has 4 N–H and O–H groups in total. The van der Waals surface area contributed by atoms with Crippen LogP contribution in [0.5, 0.6) is 0 Å². The monoisotopic (exact) mass is 264 g/mol. The van der Waals surface area contributed by atoms with Gasteiger partial charge in [-0.3, -0.25) is 9.78 Å². The van der Waals surface area contributed by atoms with Crippen molar-refractivity contribution in [2.45, 2.75) is 26.7 Å². The Morgan fingerprint density at radius 2 is 2.16 bits per heavy atom. The summed E-state index contributed by atoms with van der Waals surface area (Å²) in [4.78, 5) is 16.0. The number of carbonyl (C=O) groups excluding carboxylic acids is 1. The molecule has 1 amide bonds. The van der Waals surface area contributed by atoms with Gasteiger partial charge in [0.1, 0.15) is 5.41 Å². The smallest absolute Gasteiger partial charge is 0.233 e. The minimum Gasteiger partial charge on any atom is -0.409 e. The second kappa shape index (κ2) is 6.72. The number of hydrogen-bond acceptors (Lipinski definition) is 4. The highest BCUT2D eigenvalue weighted by atomic mass is 16.4. The van der Waals surface area contributed by atoms with E-state index in [4.69, 9.17) is 10.9 Å². The number of rotatable bonds is 6. The molecule has 1 heterocycles. The summed E-state index contributed by atoms with van der Waals surface area (Å²) in [7, 11) is 0. The Morgan fingerprint density at radius 3 is 2.68 bits per heavy atom. The van der Waals surface area contributed by atoms with Gasteiger partial charge in [-0.1, -0.05) is 12.1 Å². The molecule has 6 heteroatoms. The standard InChI is InChI=1S/C13H20N4O2/c1-3-13(2,11(14)17-19)12(18)16-9-6-10-4-7-15-8-5-10/h4-5,7-8,19H,3,6,9H2,1-2H3,(H2,14,17)(H,16,18). The first-order chi connectivity index (χ1) is 9.04. The zero-order valence-corrected chi connectivity index (χ0v) is 11.3.